The predicted octanol–water partition coefficient (Wildman–Crippen LogP) is 3.26. The Labute approximate surface area is 153 Å². The highest BCUT2D eigenvalue weighted by Gasteiger charge is 2.22. The summed E-state index contributed by atoms with van der Waals surface area (Å²) in [7, 11) is 0. The molecular weight excluding hydrogens is 328 g/mol. The van der Waals surface area contributed by atoms with Crippen LogP contribution in [0.1, 0.15) is 19.3 Å². The van der Waals surface area contributed by atoms with Crippen molar-refractivity contribution in [2.45, 2.75) is 19.3 Å². The van der Waals surface area contributed by atoms with Crippen LogP contribution in [0.3, 0.4) is 0 Å². The zero-order valence-electron chi connectivity index (χ0n) is 14.8. The molecule has 0 aromatic heterocycles. The molecule has 5 heteroatoms. The number of piperazine rings is 1. The molecule has 0 unspecified atom stereocenters. The number of carboxylic acid groups (broad SMARTS) is 1. The van der Waals surface area contributed by atoms with Crippen molar-refractivity contribution < 1.29 is 14.7 Å². The van der Waals surface area contributed by atoms with E-state index in [4.69, 9.17) is 5.11 Å². The van der Waals surface area contributed by atoms with Crippen LogP contribution in [-0.2, 0) is 9.59 Å². The Bertz CT molecular complexity index is 753. The van der Waals surface area contributed by atoms with Gasteiger partial charge in [0.05, 0.1) is 0 Å². The van der Waals surface area contributed by atoms with Crippen LogP contribution in [0.4, 0.5) is 5.69 Å². The van der Waals surface area contributed by atoms with Gasteiger partial charge in [0.1, 0.15) is 0 Å². The first-order valence-corrected chi connectivity index (χ1v) is 9.04. The summed E-state index contributed by atoms with van der Waals surface area (Å²) in [5.74, 6) is -0.789. The second-order valence-electron chi connectivity index (χ2n) is 6.50. The molecule has 0 atom stereocenters. The summed E-state index contributed by atoms with van der Waals surface area (Å²) in [5.41, 5.74) is 3.58. The van der Waals surface area contributed by atoms with Gasteiger partial charge in [-0.1, -0.05) is 48.5 Å². The van der Waals surface area contributed by atoms with E-state index in [1.54, 1.807) is 0 Å². The maximum atomic E-state index is 12.2. The zero-order valence-corrected chi connectivity index (χ0v) is 14.8. The quantitative estimate of drug-likeness (QED) is 0.867. The van der Waals surface area contributed by atoms with Crippen LogP contribution >= 0.6 is 0 Å². The Morgan fingerprint density at radius 1 is 0.846 bits per heavy atom. The highest BCUT2D eigenvalue weighted by atomic mass is 16.4. The molecule has 2 aromatic rings. The summed E-state index contributed by atoms with van der Waals surface area (Å²) in [5, 5.41) is 8.69. The third kappa shape index (κ3) is 4.42. The highest BCUT2D eigenvalue weighted by molar-refractivity contribution is 5.80. The Morgan fingerprint density at radius 3 is 2.19 bits per heavy atom. The van der Waals surface area contributed by atoms with Crippen molar-refractivity contribution in [3.05, 3.63) is 54.6 Å². The SMILES string of the molecule is O=C(O)CCCC(=O)N1CCN(c2ccccc2-c2ccccc2)CC1. The van der Waals surface area contributed by atoms with Crippen molar-refractivity contribution in [1.29, 1.82) is 0 Å². The zero-order chi connectivity index (χ0) is 18.4. The molecule has 5 nitrogen and oxygen atoms in total. The molecule has 1 saturated heterocycles. The topological polar surface area (TPSA) is 60.9 Å². The number of aliphatic carboxylic acids is 1. The van der Waals surface area contributed by atoms with Crippen molar-refractivity contribution in [2.75, 3.05) is 31.1 Å². The van der Waals surface area contributed by atoms with Crippen LogP contribution in [0.5, 0.6) is 0 Å². The number of hydrogen-bond donors (Lipinski definition) is 1. The Balaban J connectivity index is 1.62. The average molecular weight is 352 g/mol. The van der Waals surface area contributed by atoms with Gasteiger partial charge in [-0.2, -0.15) is 0 Å². The van der Waals surface area contributed by atoms with Crippen LogP contribution in [-0.4, -0.2) is 48.1 Å². The summed E-state index contributed by atoms with van der Waals surface area (Å²) in [6, 6.07) is 18.7. The first-order chi connectivity index (χ1) is 12.6. The van der Waals surface area contributed by atoms with Crippen LogP contribution in [0, 0.1) is 0 Å². The van der Waals surface area contributed by atoms with E-state index in [-0.39, 0.29) is 12.3 Å². The summed E-state index contributed by atoms with van der Waals surface area (Å²) in [6.07, 6.45) is 0.772. The first-order valence-electron chi connectivity index (χ1n) is 9.04. The maximum absolute atomic E-state index is 12.2. The molecule has 1 heterocycles. The number of hydrogen-bond acceptors (Lipinski definition) is 3. The number of benzene rings is 2. The van der Waals surface area contributed by atoms with E-state index in [0.29, 0.717) is 25.9 Å². The first kappa shape index (κ1) is 18.0. The molecule has 1 aliphatic rings. The lowest BCUT2D eigenvalue weighted by molar-refractivity contribution is -0.137. The van der Waals surface area contributed by atoms with E-state index in [1.807, 2.05) is 35.2 Å². The van der Waals surface area contributed by atoms with Crippen molar-refractivity contribution >= 4 is 17.6 Å². The molecule has 1 fully saturated rings. The third-order valence-electron chi connectivity index (χ3n) is 4.74. The number of amides is 1. The standard InChI is InChI=1S/C21H24N2O3/c24-20(11-6-12-21(25)26)23-15-13-22(14-16-23)19-10-5-4-9-18(19)17-7-2-1-3-8-17/h1-5,7-10H,6,11-16H2,(H,25,26). The van der Waals surface area contributed by atoms with Gasteiger partial charge in [-0.05, 0) is 18.1 Å². The van der Waals surface area contributed by atoms with Crippen molar-refractivity contribution in [1.82, 2.24) is 4.90 Å². The molecule has 0 aliphatic carbocycles. The summed E-state index contributed by atoms with van der Waals surface area (Å²) in [4.78, 5) is 27.0. The van der Waals surface area contributed by atoms with Gasteiger partial charge in [0.15, 0.2) is 0 Å². The molecule has 0 bridgehead atoms. The summed E-state index contributed by atoms with van der Waals surface area (Å²) < 4.78 is 0. The molecule has 3 rings (SSSR count). The minimum Gasteiger partial charge on any atom is -0.481 e. The molecule has 26 heavy (non-hydrogen) atoms. The van der Waals surface area contributed by atoms with Gasteiger partial charge in [-0.3, -0.25) is 9.59 Å². The van der Waals surface area contributed by atoms with Crippen LogP contribution in [0.15, 0.2) is 54.6 Å². The molecule has 1 N–H and O–H groups in total. The summed E-state index contributed by atoms with van der Waals surface area (Å²) >= 11 is 0. The Hall–Kier alpha value is -2.82. The fraction of sp³-hybridized carbons (Fsp3) is 0.333. The number of para-hydroxylation sites is 1. The Morgan fingerprint density at radius 2 is 1.50 bits per heavy atom. The number of carbonyl (C=O) groups is 2. The highest BCUT2D eigenvalue weighted by Crippen LogP contribution is 2.31. The Kier molecular flexibility index (Phi) is 5.89. The second kappa shape index (κ2) is 8.52. The van der Waals surface area contributed by atoms with E-state index in [0.717, 1.165) is 13.1 Å². The number of nitrogens with zero attached hydrogens (tertiary/aromatic N) is 2. The van der Waals surface area contributed by atoms with E-state index in [9.17, 15) is 9.59 Å². The lowest BCUT2D eigenvalue weighted by Crippen LogP contribution is -2.48. The van der Waals surface area contributed by atoms with Crippen LogP contribution < -0.4 is 4.90 Å². The number of rotatable bonds is 6. The number of anilines is 1. The molecule has 0 radical (unpaired) electrons. The fourth-order valence-electron chi connectivity index (χ4n) is 3.36. The van der Waals surface area contributed by atoms with Crippen molar-refractivity contribution in [3.63, 3.8) is 0 Å². The minimum atomic E-state index is -0.847. The molecule has 1 aliphatic heterocycles. The molecule has 0 spiro atoms. The minimum absolute atomic E-state index is 0.0517. The van der Waals surface area contributed by atoms with E-state index >= 15 is 0 Å². The monoisotopic (exact) mass is 352 g/mol. The van der Waals surface area contributed by atoms with Crippen LogP contribution in [0.2, 0.25) is 0 Å². The van der Waals surface area contributed by atoms with Gasteiger partial charge in [0.2, 0.25) is 5.91 Å². The van der Waals surface area contributed by atoms with Crippen molar-refractivity contribution in [2.24, 2.45) is 0 Å². The van der Waals surface area contributed by atoms with Gasteiger partial charge in [-0.15, -0.1) is 0 Å². The maximum Gasteiger partial charge on any atom is 0.303 e. The largest absolute Gasteiger partial charge is 0.481 e. The molecular formula is C21H24N2O3. The summed E-state index contributed by atoms with van der Waals surface area (Å²) in [6.45, 7) is 2.92. The smallest absolute Gasteiger partial charge is 0.303 e. The lowest BCUT2D eigenvalue weighted by Gasteiger charge is -2.37. The molecule has 2 aromatic carbocycles. The second-order valence-corrected chi connectivity index (χ2v) is 6.50. The van der Waals surface area contributed by atoms with E-state index in [2.05, 4.69) is 29.2 Å². The molecule has 1 amide bonds. The van der Waals surface area contributed by atoms with Gasteiger partial charge in [0.25, 0.3) is 0 Å². The fourth-order valence-corrected chi connectivity index (χ4v) is 3.36. The number of carboxylic acids is 1. The average Bonchev–Trinajstić information content (AvgIpc) is 2.68. The normalized spacial score (nSPS) is 14.3. The van der Waals surface area contributed by atoms with Gasteiger partial charge >= 0.3 is 5.97 Å². The van der Waals surface area contributed by atoms with Crippen molar-refractivity contribution in [3.8, 4) is 11.1 Å². The van der Waals surface area contributed by atoms with E-state index in [1.165, 1.54) is 16.8 Å². The molecule has 136 valence electrons. The number of carbonyl (C=O) groups excluding carboxylic acids is 1. The molecule has 0 saturated carbocycles. The van der Waals surface area contributed by atoms with Gasteiger partial charge < -0.3 is 14.9 Å². The van der Waals surface area contributed by atoms with Gasteiger partial charge in [0, 0.05) is 50.3 Å². The van der Waals surface area contributed by atoms with Crippen LogP contribution in [0.25, 0.3) is 11.1 Å². The third-order valence-corrected chi connectivity index (χ3v) is 4.74. The van der Waals surface area contributed by atoms with E-state index < -0.39 is 5.97 Å². The van der Waals surface area contributed by atoms with Gasteiger partial charge in [-0.25, -0.2) is 0 Å². The predicted molar refractivity (Wildman–Crippen MR) is 102 cm³/mol. The lowest BCUT2D eigenvalue weighted by atomic mass is 10.0.